The molecule has 0 aromatic rings. The first kappa shape index (κ1) is 22.7. The van der Waals surface area contributed by atoms with E-state index in [1.165, 1.54) is 77.7 Å². The second kappa shape index (κ2) is 19.7. The van der Waals surface area contributed by atoms with Gasteiger partial charge in [0.25, 0.3) is 0 Å². The van der Waals surface area contributed by atoms with Crippen LogP contribution in [-0.4, -0.2) is 18.4 Å². The SMILES string of the molecule is COC(=O)CCCCCC=CCCCCCCCCCCCBr. The summed E-state index contributed by atoms with van der Waals surface area (Å²) in [6.07, 6.45) is 23.3. The highest BCUT2D eigenvalue weighted by atomic mass is 79.9. The summed E-state index contributed by atoms with van der Waals surface area (Å²) >= 11 is 3.48. The van der Waals surface area contributed by atoms with E-state index in [-0.39, 0.29) is 5.97 Å². The Labute approximate surface area is 152 Å². The highest BCUT2D eigenvalue weighted by molar-refractivity contribution is 9.09. The van der Waals surface area contributed by atoms with Crippen LogP contribution in [0.15, 0.2) is 12.2 Å². The fraction of sp³-hybridized carbons (Fsp3) is 0.850. The van der Waals surface area contributed by atoms with Crippen LogP contribution in [0.25, 0.3) is 0 Å². The number of halogens is 1. The van der Waals surface area contributed by atoms with Crippen LogP contribution < -0.4 is 0 Å². The topological polar surface area (TPSA) is 26.3 Å². The molecule has 0 N–H and O–H groups in total. The van der Waals surface area contributed by atoms with Crippen molar-refractivity contribution in [2.75, 3.05) is 12.4 Å². The Hall–Kier alpha value is -0.310. The molecule has 3 heteroatoms. The van der Waals surface area contributed by atoms with Crippen LogP contribution in [0.3, 0.4) is 0 Å². The maximum absolute atomic E-state index is 10.9. The third-order valence-electron chi connectivity index (χ3n) is 4.15. The van der Waals surface area contributed by atoms with E-state index in [0.717, 1.165) is 24.6 Å². The van der Waals surface area contributed by atoms with E-state index in [1.807, 2.05) is 0 Å². The minimum absolute atomic E-state index is 0.0838. The molecule has 2 nitrogen and oxygen atoms in total. The quantitative estimate of drug-likeness (QED) is 0.116. The molecule has 0 saturated heterocycles. The van der Waals surface area contributed by atoms with E-state index in [0.29, 0.717) is 6.42 Å². The lowest BCUT2D eigenvalue weighted by molar-refractivity contribution is -0.140. The minimum Gasteiger partial charge on any atom is -0.469 e. The molecule has 0 heterocycles. The molecule has 0 amide bonds. The molecule has 0 aliphatic carbocycles. The Morgan fingerprint density at radius 1 is 0.739 bits per heavy atom. The van der Waals surface area contributed by atoms with Gasteiger partial charge in [-0.05, 0) is 38.5 Å². The fourth-order valence-corrected chi connectivity index (χ4v) is 3.04. The van der Waals surface area contributed by atoms with Crippen LogP contribution in [-0.2, 0) is 9.53 Å². The molecular formula is C20H37BrO2. The van der Waals surface area contributed by atoms with E-state index >= 15 is 0 Å². The molecule has 0 aromatic carbocycles. The Morgan fingerprint density at radius 3 is 1.65 bits per heavy atom. The highest BCUT2D eigenvalue weighted by Crippen LogP contribution is 2.11. The van der Waals surface area contributed by atoms with Crippen LogP contribution in [0.4, 0.5) is 0 Å². The smallest absolute Gasteiger partial charge is 0.305 e. The van der Waals surface area contributed by atoms with E-state index < -0.39 is 0 Å². The first-order chi connectivity index (χ1) is 11.3. The van der Waals surface area contributed by atoms with Gasteiger partial charge < -0.3 is 4.74 Å². The minimum atomic E-state index is -0.0838. The maximum Gasteiger partial charge on any atom is 0.305 e. The van der Waals surface area contributed by atoms with Crippen molar-refractivity contribution in [1.82, 2.24) is 0 Å². The lowest BCUT2D eigenvalue weighted by Crippen LogP contribution is -1.98. The Morgan fingerprint density at radius 2 is 1.17 bits per heavy atom. The fourth-order valence-electron chi connectivity index (χ4n) is 2.64. The second-order valence-electron chi connectivity index (χ2n) is 6.31. The van der Waals surface area contributed by atoms with Crippen molar-refractivity contribution in [2.45, 2.75) is 96.3 Å². The summed E-state index contributed by atoms with van der Waals surface area (Å²) in [5.74, 6) is -0.0838. The van der Waals surface area contributed by atoms with Crippen molar-refractivity contribution < 1.29 is 9.53 Å². The summed E-state index contributed by atoms with van der Waals surface area (Å²) in [4.78, 5) is 10.9. The van der Waals surface area contributed by atoms with Gasteiger partial charge in [0.1, 0.15) is 0 Å². The van der Waals surface area contributed by atoms with Crippen LogP contribution in [0.1, 0.15) is 96.3 Å². The number of rotatable bonds is 17. The van der Waals surface area contributed by atoms with Gasteiger partial charge in [-0.15, -0.1) is 0 Å². The summed E-state index contributed by atoms with van der Waals surface area (Å²) < 4.78 is 4.62. The van der Waals surface area contributed by atoms with Crippen molar-refractivity contribution in [1.29, 1.82) is 0 Å². The van der Waals surface area contributed by atoms with Gasteiger partial charge in [0.15, 0.2) is 0 Å². The number of allylic oxidation sites excluding steroid dienone is 2. The van der Waals surface area contributed by atoms with Gasteiger partial charge >= 0.3 is 5.97 Å². The normalized spacial score (nSPS) is 11.2. The molecule has 0 unspecified atom stereocenters. The second-order valence-corrected chi connectivity index (χ2v) is 7.10. The largest absolute Gasteiger partial charge is 0.469 e. The van der Waals surface area contributed by atoms with Crippen LogP contribution >= 0.6 is 15.9 Å². The maximum atomic E-state index is 10.9. The average Bonchev–Trinajstić information content (AvgIpc) is 2.57. The molecule has 136 valence electrons. The van der Waals surface area contributed by atoms with Gasteiger partial charge in [-0.3, -0.25) is 4.79 Å². The first-order valence-electron chi connectivity index (χ1n) is 9.59. The summed E-state index contributed by atoms with van der Waals surface area (Å²) in [7, 11) is 1.46. The summed E-state index contributed by atoms with van der Waals surface area (Å²) in [5, 5.41) is 1.16. The van der Waals surface area contributed by atoms with Crippen LogP contribution in [0, 0.1) is 0 Å². The number of alkyl halides is 1. The van der Waals surface area contributed by atoms with Crippen molar-refractivity contribution in [3.8, 4) is 0 Å². The van der Waals surface area contributed by atoms with Crippen LogP contribution in [0.2, 0.25) is 0 Å². The van der Waals surface area contributed by atoms with E-state index in [9.17, 15) is 4.79 Å². The van der Waals surface area contributed by atoms with E-state index in [2.05, 4.69) is 32.8 Å². The van der Waals surface area contributed by atoms with Gasteiger partial charge in [0.2, 0.25) is 0 Å². The number of esters is 1. The number of unbranched alkanes of at least 4 members (excludes halogenated alkanes) is 12. The summed E-state index contributed by atoms with van der Waals surface area (Å²) in [5.41, 5.74) is 0. The average molecular weight is 389 g/mol. The van der Waals surface area contributed by atoms with Crippen molar-refractivity contribution in [2.24, 2.45) is 0 Å². The molecular weight excluding hydrogens is 352 g/mol. The molecule has 0 aliphatic rings. The predicted molar refractivity (Wildman–Crippen MR) is 104 cm³/mol. The van der Waals surface area contributed by atoms with E-state index in [1.54, 1.807) is 0 Å². The lowest BCUT2D eigenvalue weighted by Gasteiger charge is -2.01. The summed E-state index contributed by atoms with van der Waals surface area (Å²) in [6, 6.07) is 0. The Balaban J connectivity index is 3.10. The van der Waals surface area contributed by atoms with E-state index in [4.69, 9.17) is 0 Å². The predicted octanol–water partition coefficient (Wildman–Crippen LogP) is 6.96. The number of ether oxygens (including phenoxy) is 1. The lowest BCUT2D eigenvalue weighted by atomic mass is 10.1. The molecule has 0 rings (SSSR count). The molecule has 0 aromatic heterocycles. The zero-order chi connectivity index (χ0) is 17.0. The third-order valence-corrected chi connectivity index (χ3v) is 4.71. The third kappa shape index (κ3) is 19.6. The number of methoxy groups -OCH3 is 1. The standard InChI is InChI=1S/C20H37BrO2/c1-23-20(22)18-16-14-12-10-8-6-4-2-3-5-7-9-11-13-15-17-19-21/h6,8H,2-5,7,9-19H2,1H3. The molecule has 0 atom stereocenters. The highest BCUT2D eigenvalue weighted by Gasteiger charge is 1.98. The van der Waals surface area contributed by atoms with Crippen molar-refractivity contribution >= 4 is 21.9 Å². The zero-order valence-electron chi connectivity index (χ0n) is 15.2. The molecule has 0 aliphatic heterocycles. The van der Waals surface area contributed by atoms with Gasteiger partial charge in [0.05, 0.1) is 7.11 Å². The number of hydrogen-bond donors (Lipinski definition) is 0. The van der Waals surface area contributed by atoms with Gasteiger partial charge in [-0.1, -0.05) is 79.4 Å². The van der Waals surface area contributed by atoms with Gasteiger partial charge in [-0.2, -0.15) is 0 Å². The molecule has 0 spiro atoms. The van der Waals surface area contributed by atoms with Gasteiger partial charge in [-0.25, -0.2) is 0 Å². The molecule has 0 fully saturated rings. The molecule has 23 heavy (non-hydrogen) atoms. The molecule has 0 saturated carbocycles. The summed E-state index contributed by atoms with van der Waals surface area (Å²) in [6.45, 7) is 0. The van der Waals surface area contributed by atoms with Gasteiger partial charge in [0, 0.05) is 11.8 Å². The molecule has 0 bridgehead atoms. The monoisotopic (exact) mass is 388 g/mol. The van der Waals surface area contributed by atoms with Crippen LogP contribution in [0.5, 0.6) is 0 Å². The van der Waals surface area contributed by atoms with Crippen molar-refractivity contribution in [3.05, 3.63) is 12.2 Å². The Kier molecular flexibility index (Phi) is 19.5. The Bertz CT molecular complexity index is 277. The molecule has 0 radical (unpaired) electrons. The first-order valence-corrected chi connectivity index (χ1v) is 10.7. The zero-order valence-corrected chi connectivity index (χ0v) is 16.7. The van der Waals surface area contributed by atoms with Crippen molar-refractivity contribution in [3.63, 3.8) is 0 Å². The number of carbonyl (C=O) groups is 1. The number of hydrogen-bond acceptors (Lipinski definition) is 2. The number of carbonyl (C=O) groups excluding carboxylic acids is 1.